The van der Waals surface area contributed by atoms with E-state index in [1.165, 1.54) is 6.07 Å². The number of para-hydroxylation sites is 1. The van der Waals surface area contributed by atoms with Gasteiger partial charge in [-0.25, -0.2) is 4.39 Å². The smallest absolute Gasteiger partial charge is 0.234 e. The second-order valence-electron chi connectivity index (χ2n) is 8.37. The van der Waals surface area contributed by atoms with Crippen molar-refractivity contribution >= 4 is 17.7 Å². The largest absolute Gasteiger partial charge is 0.497 e. The maximum absolute atomic E-state index is 14.8. The van der Waals surface area contributed by atoms with Gasteiger partial charge in [-0.05, 0) is 56.2 Å². The van der Waals surface area contributed by atoms with Gasteiger partial charge in [-0.3, -0.25) is 9.36 Å². The van der Waals surface area contributed by atoms with Crippen LogP contribution in [0.2, 0.25) is 0 Å². The van der Waals surface area contributed by atoms with Gasteiger partial charge in [-0.1, -0.05) is 37.7 Å². The number of rotatable bonds is 10. The Kier molecular flexibility index (Phi) is 8.35. The van der Waals surface area contributed by atoms with E-state index in [-0.39, 0.29) is 24.1 Å². The van der Waals surface area contributed by atoms with E-state index in [4.69, 9.17) is 9.47 Å². The van der Waals surface area contributed by atoms with Crippen molar-refractivity contribution in [1.29, 1.82) is 5.26 Å². The topological polar surface area (TPSA) is 102 Å². The van der Waals surface area contributed by atoms with Crippen molar-refractivity contribution in [1.82, 2.24) is 20.1 Å². The lowest BCUT2D eigenvalue weighted by Crippen LogP contribution is -2.51. The minimum absolute atomic E-state index is 0.0225. The average molecular weight is 498 g/mol. The molecule has 0 saturated carbocycles. The van der Waals surface area contributed by atoms with Gasteiger partial charge in [-0.2, -0.15) is 5.26 Å². The number of aromatic nitrogens is 3. The Morgan fingerprint density at radius 3 is 2.43 bits per heavy atom. The third-order valence-corrected chi connectivity index (χ3v) is 6.69. The first-order valence-electron chi connectivity index (χ1n) is 11.0. The van der Waals surface area contributed by atoms with Gasteiger partial charge < -0.3 is 14.8 Å². The molecule has 1 amide bonds. The summed E-state index contributed by atoms with van der Waals surface area (Å²) in [6.07, 6.45) is 0. The van der Waals surface area contributed by atoms with E-state index in [1.54, 1.807) is 68.0 Å². The van der Waals surface area contributed by atoms with E-state index in [2.05, 4.69) is 21.6 Å². The summed E-state index contributed by atoms with van der Waals surface area (Å²) in [6, 6.07) is 15.5. The second-order valence-corrected chi connectivity index (χ2v) is 9.68. The van der Waals surface area contributed by atoms with Crippen LogP contribution in [0.4, 0.5) is 4.39 Å². The third kappa shape index (κ3) is 6.11. The zero-order chi connectivity index (χ0) is 25.6. The van der Waals surface area contributed by atoms with Crippen LogP contribution in [-0.2, 0) is 11.4 Å². The average Bonchev–Trinajstić information content (AvgIpc) is 3.24. The first-order chi connectivity index (χ1) is 16.7. The van der Waals surface area contributed by atoms with Crippen molar-refractivity contribution in [3.8, 4) is 23.3 Å². The van der Waals surface area contributed by atoms with Crippen LogP contribution in [0.25, 0.3) is 5.69 Å². The zero-order valence-corrected chi connectivity index (χ0v) is 21.1. The monoisotopic (exact) mass is 497 g/mol. The summed E-state index contributed by atoms with van der Waals surface area (Å²) >= 11 is 1.12. The maximum atomic E-state index is 14.8. The fourth-order valence-corrected chi connectivity index (χ4v) is 3.91. The number of ether oxygens (including phenoxy) is 2. The van der Waals surface area contributed by atoms with Gasteiger partial charge in [0.1, 0.15) is 29.5 Å². The number of nitrogens with zero attached hydrogens (tertiary/aromatic N) is 4. The Hall–Kier alpha value is -3.58. The summed E-state index contributed by atoms with van der Waals surface area (Å²) in [5.74, 6) is 0.770. The van der Waals surface area contributed by atoms with Gasteiger partial charge in [0.25, 0.3) is 0 Å². The van der Waals surface area contributed by atoms with Gasteiger partial charge >= 0.3 is 0 Å². The summed E-state index contributed by atoms with van der Waals surface area (Å²) in [7, 11) is 1.58. The molecular formula is C25H28FN5O3S. The Morgan fingerprint density at radius 1 is 1.17 bits per heavy atom. The van der Waals surface area contributed by atoms with Crippen LogP contribution < -0.4 is 14.8 Å². The molecule has 1 aromatic heterocycles. The predicted octanol–water partition coefficient (Wildman–Crippen LogP) is 4.53. The first kappa shape index (κ1) is 26.0. The number of benzene rings is 2. The van der Waals surface area contributed by atoms with Crippen molar-refractivity contribution in [2.45, 2.75) is 50.2 Å². The molecule has 3 aromatic rings. The number of nitrogens with one attached hydrogen (secondary N) is 1. The van der Waals surface area contributed by atoms with Crippen molar-refractivity contribution < 1.29 is 18.7 Å². The Balaban J connectivity index is 1.86. The van der Waals surface area contributed by atoms with Crippen LogP contribution in [0.15, 0.2) is 53.7 Å². The number of carbonyl (C=O) groups is 1. The molecule has 35 heavy (non-hydrogen) atoms. The molecule has 0 radical (unpaired) electrons. The summed E-state index contributed by atoms with van der Waals surface area (Å²) in [6.45, 7) is 7.14. The standard InChI is InChI=1S/C25H28FN5O3S/c1-16(2)25(4,15-27)28-23(32)17(3)35-24-30-29-22(31(24)21-9-7-6-8-20(21)26)14-34-19-12-10-18(33-5)11-13-19/h6-13,16-17H,14H2,1-5H3,(H,28,32). The quantitative estimate of drug-likeness (QED) is 0.411. The SMILES string of the molecule is COc1ccc(OCc2nnc(SC(C)C(=O)NC(C)(C#N)C(C)C)n2-c2ccccc2F)cc1. The van der Waals surface area contributed by atoms with Crippen LogP contribution >= 0.6 is 11.8 Å². The lowest BCUT2D eigenvalue weighted by Gasteiger charge is -2.28. The third-order valence-electron chi connectivity index (χ3n) is 5.64. The molecule has 184 valence electrons. The highest BCUT2D eigenvalue weighted by molar-refractivity contribution is 8.00. The molecule has 0 aliphatic rings. The van der Waals surface area contributed by atoms with Crippen LogP contribution in [0.1, 0.15) is 33.5 Å². The van der Waals surface area contributed by atoms with Gasteiger partial charge in [-0.15, -0.1) is 10.2 Å². The summed E-state index contributed by atoms with van der Waals surface area (Å²) < 4.78 is 27.3. The highest BCUT2D eigenvalue weighted by Gasteiger charge is 2.32. The van der Waals surface area contributed by atoms with Gasteiger partial charge in [0.05, 0.1) is 24.1 Å². The summed E-state index contributed by atoms with van der Waals surface area (Å²) in [5, 5.41) is 20.5. The van der Waals surface area contributed by atoms with Gasteiger partial charge in [0, 0.05) is 0 Å². The first-order valence-corrected chi connectivity index (χ1v) is 11.9. The van der Waals surface area contributed by atoms with E-state index in [0.29, 0.717) is 22.5 Å². The van der Waals surface area contributed by atoms with E-state index >= 15 is 0 Å². The molecule has 1 N–H and O–H groups in total. The fourth-order valence-electron chi connectivity index (χ4n) is 3.04. The van der Waals surface area contributed by atoms with Crippen molar-refractivity contribution in [2.24, 2.45) is 5.92 Å². The molecule has 1 heterocycles. The van der Waals surface area contributed by atoms with Crippen LogP contribution in [0.3, 0.4) is 0 Å². The lowest BCUT2D eigenvalue weighted by atomic mass is 9.90. The van der Waals surface area contributed by atoms with Crippen LogP contribution in [0.5, 0.6) is 11.5 Å². The molecule has 10 heteroatoms. The fraction of sp³-hybridized carbons (Fsp3) is 0.360. The Labute approximate surface area is 208 Å². The number of hydrogen-bond acceptors (Lipinski definition) is 7. The highest BCUT2D eigenvalue weighted by atomic mass is 32.2. The van der Waals surface area contributed by atoms with Crippen LogP contribution in [0, 0.1) is 23.1 Å². The number of thioether (sulfide) groups is 1. The van der Waals surface area contributed by atoms with Gasteiger partial charge in [0.2, 0.25) is 5.91 Å². The van der Waals surface area contributed by atoms with E-state index < -0.39 is 16.6 Å². The van der Waals surface area contributed by atoms with Crippen molar-refractivity contribution in [3.05, 3.63) is 60.2 Å². The molecule has 0 aliphatic carbocycles. The van der Waals surface area contributed by atoms with E-state index in [1.807, 2.05) is 13.8 Å². The molecule has 3 rings (SSSR count). The number of carbonyl (C=O) groups excluding carboxylic acids is 1. The van der Waals surface area contributed by atoms with E-state index in [0.717, 1.165) is 11.8 Å². The van der Waals surface area contributed by atoms with Crippen molar-refractivity contribution in [3.63, 3.8) is 0 Å². The summed E-state index contributed by atoms with van der Waals surface area (Å²) in [4.78, 5) is 12.9. The molecule has 0 aliphatic heterocycles. The number of amides is 1. The van der Waals surface area contributed by atoms with Crippen molar-refractivity contribution in [2.75, 3.05) is 7.11 Å². The van der Waals surface area contributed by atoms with E-state index in [9.17, 15) is 14.4 Å². The number of methoxy groups -OCH3 is 1. The number of nitriles is 1. The lowest BCUT2D eigenvalue weighted by molar-refractivity contribution is -0.121. The minimum Gasteiger partial charge on any atom is -0.497 e. The molecule has 2 unspecified atom stereocenters. The molecule has 2 atom stereocenters. The normalized spacial score (nSPS) is 13.5. The maximum Gasteiger partial charge on any atom is 0.234 e. The zero-order valence-electron chi connectivity index (χ0n) is 20.3. The molecule has 2 aromatic carbocycles. The molecule has 0 fully saturated rings. The number of hydrogen-bond donors (Lipinski definition) is 1. The molecule has 0 spiro atoms. The second kappa shape index (κ2) is 11.2. The minimum atomic E-state index is -1.01. The molecule has 0 saturated heterocycles. The number of halogens is 1. The Bertz CT molecular complexity index is 1210. The predicted molar refractivity (Wildman–Crippen MR) is 131 cm³/mol. The highest BCUT2D eigenvalue weighted by Crippen LogP contribution is 2.28. The molecule has 8 nitrogen and oxygen atoms in total. The molecular weight excluding hydrogens is 469 g/mol. The summed E-state index contributed by atoms with van der Waals surface area (Å²) in [5.41, 5.74) is -0.771. The van der Waals surface area contributed by atoms with Crippen LogP contribution in [-0.4, -0.2) is 38.6 Å². The Morgan fingerprint density at radius 2 is 1.83 bits per heavy atom. The molecule has 0 bridgehead atoms. The van der Waals surface area contributed by atoms with Gasteiger partial charge in [0.15, 0.2) is 11.0 Å².